The lowest BCUT2D eigenvalue weighted by Crippen LogP contribution is -2.38. The predicted molar refractivity (Wildman–Crippen MR) is 117 cm³/mol. The van der Waals surface area contributed by atoms with Crippen molar-refractivity contribution in [3.63, 3.8) is 0 Å². The highest BCUT2D eigenvalue weighted by atomic mass is 127. The van der Waals surface area contributed by atoms with Gasteiger partial charge in [-0.3, -0.25) is 9.59 Å². The first kappa shape index (κ1) is 20.3. The van der Waals surface area contributed by atoms with Crippen LogP contribution in [-0.4, -0.2) is 34.4 Å². The summed E-state index contributed by atoms with van der Waals surface area (Å²) in [6, 6.07) is 9.84. The molecule has 1 aliphatic heterocycles. The van der Waals surface area contributed by atoms with E-state index >= 15 is 0 Å². The molecule has 2 aromatic carbocycles. The maximum Gasteiger partial charge on any atom is 0.329 e. The lowest BCUT2D eigenvalue weighted by Gasteiger charge is -2.12. The van der Waals surface area contributed by atoms with Crippen molar-refractivity contribution >= 4 is 68.1 Å². The number of anilines is 1. The van der Waals surface area contributed by atoms with Crippen LogP contribution in [-0.2, 0) is 9.59 Å². The zero-order chi connectivity index (χ0) is 20.4. The SMILES string of the molecule is Cc1cccc(NC(=O)CN2C(=O)N/C(=C/c3cc(Br)c(O)c(I)c3)C2=O)c1. The molecule has 1 fully saturated rings. The quantitative estimate of drug-likeness (QED) is 0.305. The Labute approximate surface area is 183 Å². The highest BCUT2D eigenvalue weighted by molar-refractivity contribution is 14.1. The van der Waals surface area contributed by atoms with Crippen LogP contribution in [0.15, 0.2) is 46.6 Å². The summed E-state index contributed by atoms with van der Waals surface area (Å²) in [5.41, 5.74) is 2.24. The molecule has 1 aliphatic rings. The Balaban J connectivity index is 1.73. The number of halogens is 2. The monoisotopic (exact) mass is 555 g/mol. The normalized spacial score (nSPS) is 15.1. The van der Waals surface area contributed by atoms with Crippen molar-refractivity contribution in [2.75, 3.05) is 11.9 Å². The van der Waals surface area contributed by atoms with E-state index in [1.165, 1.54) is 6.08 Å². The molecular weight excluding hydrogens is 541 g/mol. The van der Waals surface area contributed by atoms with Gasteiger partial charge < -0.3 is 15.7 Å². The number of aromatic hydroxyl groups is 1. The average molecular weight is 556 g/mol. The van der Waals surface area contributed by atoms with Crippen LogP contribution in [0.4, 0.5) is 10.5 Å². The van der Waals surface area contributed by atoms with Crippen molar-refractivity contribution in [1.29, 1.82) is 0 Å². The minimum atomic E-state index is -0.664. The van der Waals surface area contributed by atoms with Crippen molar-refractivity contribution < 1.29 is 19.5 Å². The molecule has 1 saturated heterocycles. The van der Waals surface area contributed by atoms with E-state index in [4.69, 9.17) is 0 Å². The summed E-state index contributed by atoms with van der Waals surface area (Å²) in [4.78, 5) is 37.7. The third-order valence-corrected chi connectivity index (χ3v) is 5.34. The first-order chi connectivity index (χ1) is 13.2. The van der Waals surface area contributed by atoms with Gasteiger partial charge in [0.15, 0.2) is 0 Å². The lowest BCUT2D eigenvalue weighted by atomic mass is 10.2. The molecule has 0 unspecified atom stereocenters. The standard InChI is InChI=1S/C19H15BrIN3O4/c1-10-3-2-4-12(5-10)22-16(25)9-24-18(27)15(23-19(24)28)8-11-6-13(20)17(26)14(21)7-11/h2-8,26H,9H2,1H3,(H,22,25)(H,23,28)/b15-8+. The molecule has 0 radical (unpaired) electrons. The van der Waals surface area contributed by atoms with Crippen molar-refractivity contribution in [2.24, 2.45) is 0 Å². The summed E-state index contributed by atoms with van der Waals surface area (Å²) < 4.78 is 1.06. The summed E-state index contributed by atoms with van der Waals surface area (Å²) in [6.45, 7) is 1.50. The van der Waals surface area contributed by atoms with Crippen LogP contribution in [0.25, 0.3) is 6.08 Å². The molecule has 0 atom stereocenters. The second-order valence-corrected chi connectivity index (χ2v) is 8.15. The molecule has 28 heavy (non-hydrogen) atoms. The van der Waals surface area contributed by atoms with Gasteiger partial charge in [0.2, 0.25) is 5.91 Å². The van der Waals surface area contributed by atoms with Gasteiger partial charge in [0.05, 0.1) is 8.04 Å². The van der Waals surface area contributed by atoms with Gasteiger partial charge in [-0.1, -0.05) is 12.1 Å². The van der Waals surface area contributed by atoms with Gasteiger partial charge in [-0.2, -0.15) is 0 Å². The largest absolute Gasteiger partial charge is 0.506 e. The first-order valence-electron chi connectivity index (χ1n) is 8.13. The fraction of sp³-hybridized carbons (Fsp3) is 0.105. The van der Waals surface area contributed by atoms with E-state index in [2.05, 4.69) is 26.6 Å². The maximum absolute atomic E-state index is 12.5. The number of nitrogens with one attached hydrogen (secondary N) is 2. The fourth-order valence-corrected chi connectivity index (χ4v) is 4.12. The van der Waals surface area contributed by atoms with Gasteiger partial charge in [-0.15, -0.1) is 0 Å². The molecule has 7 nitrogen and oxygen atoms in total. The smallest absolute Gasteiger partial charge is 0.329 e. The number of rotatable bonds is 4. The minimum absolute atomic E-state index is 0.0572. The molecule has 0 spiro atoms. The number of aryl methyl sites for hydroxylation is 1. The number of phenolic OH excluding ortho intramolecular Hbond substituents is 1. The predicted octanol–water partition coefficient (Wildman–Crippen LogP) is 3.60. The Kier molecular flexibility index (Phi) is 6.04. The number of amides is 4. The number of urea groups is 1. The van der Waals surface area contributed by atoms with E-state index in [1.54, 1.807) is 30.3 Å². The van der Waals surface area contributed by atoms with Gasteiger partial charge in [0.1, 0.15) is 18.0 Å². The summed E-state index contributed by atoms with van der Waals surface area (Å²) in [5, 5.41) is 14.9. The second-order valence-electron chi connectivity index (χ2n) is 6.13. The van der Waals surface area contributed by atoms with Crippen LogP contribution >= 0.6 is 38.5 Å². The Hall–Kier alpha value is -2.40. The number of carbonyl (C=O) groups excluding carboxylic acids is 3. The molecule has 3 rings (SSSR count). The molecule has 0 aliphatic carbocycles. The third kappa shape index (κ3) is 4.53. The Morgan fingerprint density at radius 3 is 2.75 bits per heavy atom. The molecular formula is C19H15BrIN3O4. The maximum atomic E-state index is 12.5. The molecule has 0 bridgehead atoms. The number of benzene rings is 2. The highest BCUT2D eigenvalue weighted by Gasteiger charge is 2.35. The van der Waals surface area contributed by atoms with Crippen LogP contribution in [0.5, 0.6) is 5.75 Å². The molecule has 1 heterocycles. The zero-order valence-corrected chi connectivity index (χ0v) is 18.4. The molecule has 9 heteroatoms. The molecule has 0 aromatic heterocycles. The van der Waals surface area contributed by atoms with Gasteiger partial charge in [0, 0.05) is 5.69 Å². The topological polar surface area (TPSA) is 98.7 Å². The average Bonchev–Trinajstić information content (AvgIpc) is 2.87. The number of hydrogen-bond donors (Lipinski definition) is 3. The molecule has 2 aromatic rings. The van der Waals surface area contributed by atoms with Crippen LogP contribution in [0.2, 0.25) is 0 Å². The Morgan fingerprint density at radius 1 is 1.32 bits per heavy atom. The zero-order valence-electron chi connectivity index (χ0n) is 14.6. The van der Waals surface area contributed by atoms with E-state index in [9.17, 15) is 19.5 Å². The van der Waals surface area contributed by atoms with E-state index in [0.29, 0.717) is 19.3 Å². The van der Waals surface area contributed by atoms with Crippen LogP contribution in [0, 0.1) is 10.5 Å². The minimum Gasteiger partial charge on any atom is -0.506 e. The van der Waals surface area contributed by atoms with Gasteiger partial charge in [-0.25, -0.2) is 9.69 Å². The number of hydrogen-bond acceptors (Lipinski definition) is 4. The summed E-state index contributed by atoms with van der Waals surface area (Å²) >= 11 is 5.19. The van der Waals surface area contributed by atoms with Crippen molar-refractivity contribution in [2.45, 2.75) is 6.92 Å². The number of carbonyl (C=O) groups is 3. The Morgan fingerprint density at radius 2 is 2.07 bits per heavy atom. The molecule has 0 saturated carbocycles. The molecule has 3 N–H and O–H groups in total. The lowest BCUT2D eigenvalue weighted by molar-refractivity contribution is -0.127. The van der Waals surface area contributed by atoms with Gasteiger partial charge >= 0.3 is 6.03 Å². The first-order valence-corrected chi connectivity index (χ1v) is 10.0. The summed E-state index contributed by atoms with van der Waals surface area (Å²) in [7, 11) is 0. The van der Waals surface area contributed by atoms with Gasteiger partial charge in [-0.05, 0) is 86.9 Å². The molecule has 144 valence electrons. The number of phenols is 1. The Bertz CT molecular complexity index is 999. The van der Waals surface area contributed by atoms with Crippen LogP contribution in [0.3, 0.4) is 0 Å². The van der Waals surface area contributed by atoms with E-state index in [0.717, 1.165) is 10.5 Å². The van der Waals surface area contributed by atoms with E-state index < -0.39 is 24.4 Å². The summed E-state index contributed by atoms with van der Waals surface area (Å²) in [6.07, 6.45) is 1.49. The van der Waals surface area contributed by atoms with Crippen LogP contribution < -0.4 is 10.6 Å². The van der Waals surface area contributed by atoms with Crippen molar-refractivity contribution in [1.82, 2.24) is 10.2 Å². The van der Waals surface area contributed by atoms with E-state index in [-0.39, 0.29) is 11.4 Å². The highest BCUT2D eigenvalue weighted by Crippen LogP contribution is 2.31. The van der Waals surface area contributed by atoms with Crippen molar-refractivity contribution in [3.8, 4) is 5.75 Å². The second kappa shape index (κ2) is 8.31. The van der Waals surface area contributed by atoms with Crippen LogP contribution in [0.1, 0.15) is 11.1 Å². The van der Waals surface area contributed by atoms with E-state index in [1.807, 2.05) is 35.6 Å². The third-order valence-electron chi connectivity index (χ3n) is 3.92. The fourth-order valence-electron chi connectivity index (χ4n) is 2.62. The summed E-state index contributed by atoms with van der Waals surface area (Å²) in [5.74, 6) is -0.972. The number of imide groups is 1. The van der Waals surface area contributed by atoms with Crippen molar-refractivity contribution in [3.05, 3.63) is 61.3 Å². The number of nitrogens with zero attached hydrogens (tertiary/aromatic N) is 1. The molecule has 4 amide bonds. The van der Waals surface area contributed by atoms with Gasteiger partial charge in [0.25, 0.3) is 5.91 Å².